The molecular weight excluding hydrogens is 258 g/mol. The minimum Gasteiger partial charge on any atom is -0.494 e. The molecule has 3 rings (SSSR count). The summed E-state index contributed by atoms with van der Waals surface area (Å²) in [5, 5.41) is 3.52. The smallest absolute Gasteiger partial charge is 0.119 e. The second-order valence-electron chi connectivity index (χ2n) is 5.74. The number of rotatable bonds is 8. The van der Waals surface area contributed by atoms with Gasteiger partial charge in [0.05, 0.1) is 6.61 Å². The number of benzene rings is 2. The van der Waals surface area contributed by atoms with Crippen LogP contribution in [0.25, 0.3) is 0 Å². The van der Waals surface area contributed by atoms with Crippen LogP contribution in [0.2, 0.25) is 0 Å². The summed E-state index contributed by atoms with van der Waals surface area (Å²) in [6.07, 6.45) is 4.80. The minimum absolute atomic E-state index is 0.763. The van der Waals surface area contributed by atoms with Gasteiger partial charge in [-0.3, -0.25) is 0 Å². The number of nitrogens with one attached hydrogen (secondary N) is 1. The van der Waals surface area contributed by atoms with Gasteiger partial charge >= 0.3 is 0 Å². The highest BCUT2D eigenvalue weighted by Crippen LogP contribution is 2.20. The summed E-state index contributed by atoms with van der Waals surface area (Å²) in [5.41, 5.74) is 2.71. The molecule has 21 heavy (non-hydrogen) atoms. The molecule has 0 saturated heterocycles. The van der Waals surface area contributed by atoms with Gasteiger partial charge in [0.15, 0.2) is 0 Å². The van der Waals surface area contributed by atoms with E-state index in [0.717, 1.165) is 37.8 Å². The van der Waals surface area contributed by atoms with Gasteiger partial charge < -0.3 is 10.1 Å². The molecule has 0 unspecified atom stereocenters. The molecule has 0 amide bonds. The SMILES string of the molecule is c1ccc(CCCOc2ccc(CNC3CC3)cc2)cc1. The van der Waals surface area contributed by atoms with Crippen LogP contribution < -0.4 is 10.1 Å². The molecule has 1 aliphatic carbocycles. The summed E-state index contributed by atoms with van der Waals surface area (Å²) in [6.45, 7) is 1.74. The second-order valence-corrected chi connectivity index (χ2v) is 5.74. The van der Waals surface area contributed by atoms with Gasteiger partial charge in [0.2, 0.25) is 0 Å². The summed E-state index contributed by atoms with van der Waals surface area (Å²) in [6, 6.07) is 19.8. The number of hydrogen-bond donors (Lipinski definition) is 1. The zero-order chi connectivity index (χ0) is 14.3. The summed E-state index contributed by atoms with van der Waals surface area (Å²) in [7, 11) is 0. The van der Waals surface area contributed by atoms with Gasteiger partial charge in [-0.25, -0.2) is 0 Å². The molecule has 0 radical (unpaired) electrons. The molecule has 2 heteroatoms. The molecule has 1 saturated carbocycles. The molecule has 0 bridgehead atoms. The van der Waals surface area contributed by atoms with Gasteiger partial charge in [-0.1, -0.05) is 42.5 Å². The van der Waals surface area contributed by atoms with E-state index < -0.39 is 0 Å². The fourth-order valence-electron chi connectivity index (χ4n) is 2.36. The molecule has 0 spiro atoms. The van der Waals surface area contributed by atoms with Crippen molar-refractivity contribution in [3.63, 3.8) is 0 Å². The van der Waals surface area contributed by atoms with Crippen molar-refractivity contribution in [2.45, 2.75) is 38.3 Å². The molecule has 110 valence electrons. The zero-order valence-electron chi connectivity index (χ0n) is 12.4. The topological polar surface area (TPSA) is 21.3 Å². The third-order valence-electron chi connectivity index (χ3n) is 3.82. The highest BCUT2D eigenvalue weighted by molar-refractivity contribution is 5.27. The lowest BCUT2D eigenvalue weighted by molar-refractivity contribution is 0.311. The molecule has 2 aromatic carbocycles. The Morgan fingerprint density at radius 2 is 1.67 bits per heavy atom. The Labute approximate surface area is 127 Å². The Bertz CT molecular complexity index is 531. The normalized spacial score (nSPS) is 14.1. The third-order valence-corrected chi connectivity index (χ3v) is 3.82. The van der Waals surface area contributed by atoms with Crippen LogP contribution in [0.3, 0.4) is 0 Å². The van der Waals surface area contributed by atoms with Gasteiger partial charge in [-0.15, -0.1) is 0 Å². The molecule has 0 aromatic heterocycles. The van der Waals surface area contributed by atoms with E-state index in [1.807, 2.05) is 0 Å². The number of aryl methyl sites for hydroxylation is 1. The van der Waals surface area contributed by atoms with E-state index in [1.165, 1.54) is 24.0 Å². The first kappa shape index (κ1) is 14.2. The average molecular weight is 281 g/mol. The van der Waals surface area contributed by atoms with Crippen molar-refractivity contribution in [2.24, 2.45) is 0 Å². The molecule has 1 aliphatic rings. The standard InChI is InChI=1S/C19H23NO/c1-2-5-16(6-3-1)7-4-14-21-19-12-8-17(9-13-19)15-20-18-10-11-18/h1-3,5-6,8-9,12-13,18,20H,4,7,10-11,14-15H2. The predicted molar refractivity (Wildman–Crippen MR) is 86.6 cm³/mol. The van der Waals surface area contributed by atoms with E-state index >= 15 is 0 Å². The van der Waals surface area contributed by atoms with Crippen molar-refractivity contribution in [1.82, 2.24) is 5.32 Å². The summed E-state index contributed by atoms with van der Waals surface area (Å²) in [5.74, 6) is 0.971. The Hall–Kier alpha value is -1.80. The van der Waals surface area contributed by atoms with Crippen LogP contribution >= 0.6 is 0 Å². The monoisotopic (exact) mass is 281 g/mol. The van der Waals surface area contributed by atoms with Crippen LogP contribution in [0, 0.1) is 0 Å². The van der Waals surface area contributed by atoms with E-state index in [0.29, 0.717) is 0 Å². The van der Waals surface area contributed by atoms with Crippen molar-refractivity contribution in [3.8, 4) is 5.75 Å². The first-order chi connectivity index (χ1) is 10.4. The van der Waals surface area contributed by atoms with Crippen molar-refractivity contribution in [3.05, 3.63) is 65.7 Å². The molecule has 0 heterocycles. The Morgan fingerprint density at radius 1 is 0.905 bits per heavy atom. The Morgan fingerprint density at radius 3 is 2.38 bits per heavy atom. The molecular formula is C19H23NO. The highest BCUT2D eigenvalue weighted by atomic mass is 16.5. The highest BCUT2D eigenvalue weighted by Gasteiger charge is 2.19. The molecule has 2 nitrogen and oxygen atoms in total. The first-order valence-corrected chi connectivity index (χ1v) is 7.89. The van der Waals surface area contributed by atoms with Gasteiger partial charge in [0, 0.05) is 12.6 Å². The van der Waals surface area contributed by atoms with Crippen molar-refractivity contribution in [1.29, 1.82) is 0 Å². The van der Waals surface area contributed by atoms with Gasteiger partial charge in [0.1, 0.15) is 5.75 Å². The largest absolute Gasteiger partial charge is 0.494 e. The molecule has 0 aliphatic heterocycles. The van der Waals surface area contributed by atoms with Crippen LogP contribution in [-0.4, -0.2) is 12.6 Å². The average Bonchev–Trinajstić information content (AvgIpc) is 3.36. The zero-order valence-corrected chi connectivity index (χ0v) is 12.4. The van der Waals surface area contributed by atoms with Gasteiger partial charge in [0.25, 0.3) is 0 Å². The maximum Gasteiger partial charge on any atom is 0.119 e. The lowest BCUT2D eigenvalue weighted by Gasteiger charge is -2.08. The van der Waals surface area contributed by atoms with Crippen molar-refractivity contribution in [2.75, 3.05) is 6.61 Å². The van der Waals surface area contributed by atoms with Gasteiger partial charge in [-0.05, 0) is 48.9 Å². The van der Waals surface area contributed by atoms with E-state index in [-0.39, 0.29) is 0 Å². The molecule has 0 atom stereocenters. The van der Waals surface area contributed by atoms with Crippen LogP contribution in [-0.2, 0) is 13.0 Å². The van der Waals surface area contributed by atoms with E-state index in [2.05, 4.69) is 59.9 Å². The fourth-order valence-corrected chi connectivity index (χ4v) is 2.36. The summed E-state index contributed by atoms with van der Waals surface area (Å²) in [4.78, 5) is 0. The quantitative estimate of drug-likeness (QED) is 0.740. The van der Waals surface area contributed by atoms with E-state index in [4.69, 9.17) is 4.74 Å². The van der Waals surface area contributed by atoms with Crippen LogP contribution in [0.4, 0.5) is 0 Å². The predicted octanol–water partition coefficient (Wildman–Crippen LogP) is 3.95. The van der Waals surface area contributed by atoms with E-state index in [1.54, 1.807) is 0 Å². The lowest BCUT2D eigenvalue weighted by atomic mass is 10.1. The van der Waals surface area contributed by atoms with Crippen molar-refractivity contribution >= 4 is 0 Å². The maximum absolute atomic E-state index is 5.80. The van der Waals surface area contributed by atoms with Crippen LogP contribution in [0.15, 0.2) is 54.6 Å². The number of hydrogen-bond acceptors (Lipinski definition) is 2. The minimum atomic E-state index is 0.763. The lowest BCUT2D eigenvalue weighted by Crippen LogP contribution is -2.15. The van der Waals surface area contributed by atoms with Crippen molar-refractivity contribution < 1.29 is 4.74 Å². The maximum atomic E-state index is 5.80. The summed E-state index contributed by atoms with van der Waals surface area (Å²) < 4.78 is 5.80. The fraction of sp³-hybridized carbons (Fsp3) is 0.368. The Balaban J connectivity index is 1.36. The van der Waals surface area contributed by atoms with Gasteiger partial charge in [-0.2, -0.15) is 0 Å². The van der Waals surface area contributed by atoms with E-state index in [9.17, 15) is 0 Å². The molecule has 1 N–H and O–H groups in total. The molecule has 1 fully saturated rings. The second kappa shape index (κ2) is 7.28. The van der Waals surface area contributed by atoms with Crippen LogP contribution in [0.1, 0.15) is 30.4 Å². The Kier molecular flexibility index (Phi) is 4.90. The first-order valence-electron chi connectivity index (χ1n) is 7.89. The number of ether oxygens (including phenoxy) is 1. The summed E-state index contributed by atoms with van der Waals surface area (Å²) >= 11 is 0. The molecule has 2 aromatic rings. The van der Waals surface area contributed by atoms with Crippen LogP contribution in [0.5, 0.6) is 5.75 Å². The third kappa shape index (κ3) is 4.91.